The standard InChI is InChI=1S/C66H122O6/c1-4-7-10-13-16-18-20-22-24-26-27-28-29-30-31-32-33-34-35-36-37-38-39-40-42-43-45-47-50-53-56-59-65(68)71-62-63(61-70-64(67)58-55-52-49-15-12-9-6-3)72-66(69)60-57-54-51-48-46-44-41-25-23-21-19-17-14-11-8-5-2/h20,22,25-27,41,63H,4-19,21,23-24,28-40,42-62H2,1-3H3/b22-20-,27-26-,41-25-. The lowest BCUT2D eigenvalue weighted by atomic mass is 10.0. The topological polar surface area (TPSA) is 78.9 Å². The first kappa shape index (κ1) is 69.6. The minimum absolute atomic E-state index is 0.0709. The number of allylic oxidation sites excluding steroid dienone is 6. The van der Waals surface area contributed by atoms with E-state index >= 15 is 0 Å². The average Bonchev–Trinajstić information content (AvgIpc) is 3.38. The minimum atomic E-state index is -0.771. The Labute approximate surface area is 448 Å². The van der Waals surface area contributed by atoms with Gasteiger partial charge in [-0.3, -0.25) is 14.4 Å². The van der Waals surface area contributed by atoms with E-state index in [9.17, 15) is 14.4 Å². The van der Waals surface area contributed by atoms with E-state index in [0.29, 0.717) is 19.3 Å². The lowest BCUT2D eigenvalue weighted by molar-refractivity contribution is -0.167. The molecule has 422 valence electrons. The molecule has 0 aromatic rings. The maximum atomic E-state index is 12.8. The van der Waals surface area contributed by atoms with E-state index in [1.54, 1.807) is 0 Å². The Kier molecular flexibility index (Phi) is 59.2. The second kappa shape index (κ2) is 61.2. The molecule has 0 amide bonds. The molecule has 0 radical (unpaired) electrons. The maximum absolute atomic E-state index is 12.8. The van der Waals surface area contributed by atoms with Crippen molar-refractivity contribution in [2.24, 2.45) is 0 Å². The third-order valence-corrected chi connectivity index (χ3v) is 14.4. The van der Waals surface area contributed by atoms with Crippen LogP contribution in [0.4, 0.5) is 0 Å². The van der Waals surface area contributed by atoms with Gasteiger partial charge in [0.05, 0.1) is 0 Å². The van der Waals surface area contributed by atoms with Crippen LogP contribution in [-0.4, -0.2) is 37.2 Å². The summed E-state index contributed by atoms with van der Waals surface area (Å²) in [4.78, 5) is 38.0. The van der Waals surface area contributed by atoms with Gasteiger partial charge in [-0.25, -0.2) is 0 Å². The van der Waals surface area contributed by atoms with Gasteiger partial charge in [-0.2, -0.15) is 0 Å². The van der Waals surface area contributed by atoms with Gasteiger partial charge in [0.1, 0.15) is 13.2 Å². The molecule has 0 fully saturated rings. The molecule has 0 heterocycles. The molecule has 72 heavy (non-hydrogen) atoms. The van der Waals surface area contributed by atoms with Crippen LogP contribution in [0.3, 0.4) is 0 Å². The summed E-state index contributed by atoms with van der Waals surface area (Å²) >= 11 is 0. The van der Waals surface area contributed by atoms with Crippen LogP contribution in [0.5, 0.6) is 0 Å². The van der Waals surface area contributed by atoms with Gasteiger partial charge in [-0.05, 0) is 77.0 Å². The predicted octanol–water partition coefficient (Wildman–Crippen LogP) is 21.6. The van der Waals surface area contributed by atoms with Gasteiger partial charge < -0.3 is 14.2 Å². The Morgan fingerprint density at radius 2 is 0.500 bits per heavy atom. The van der Waals surface area contributed by atoms with Crippen LogP contribution >= 0.6 is 0 Å². The summed E-state index contributed by atoms with van der Waals surface area (Å²) in [5, 5.41) is 0. The van der Waals surface area contributed by atoms with E-state index in [2.05, 4.69) is 57.2 Å². The number of carbonyl (C=O) groups is 3. The van der Waals surface area contributed by atoms with E-state index in [4.69, 9.17) is 14.2 Å². The molecule has 0 aliphatic carbocycles. The van der Waals surface area contributed by atoms with E-state index in [1.165, 1.54) is 238 Å². The van der Waals surface area contributed by atoms with Crippen LogP contribution in [0.25, 0.3) is 0 Å². The first-order valence-corrected chi connectivity index (χ1v) is 32.0. The highest BCUT2D eigenvalue weighted by molar-refractivity contribution is 5.71. The largest absolute Gasteiger partial charge is 0.462 e. The SMILES string of the molecule is CCCCCCC/C=C\C/C=C\CCCCCCCCCCCCCCCCCCCCCC(=O)OCC(COC(=O)CCCCCCCCC)OC(=O)CCCCCCC/C=C\CCCCCCCCC. The van der Waals surface area contributed by atoms with Crippen LogP contribution in [0.1, 0.15) is 348 Å². The highest BCUT2D eigenvalue weighted by Crippen LogP contribution is 2.17. The van der Waals surface area contributed by atoms with Gasteiger partial charge >= 0.3 is 17.9 Å². The van der Waals surface area contributed by atoms with Crippen molar-refractivity contribution in [2.75, 3.05) is 13.2 Å². The van der Waals surface area contributed by atoms with Gasteiger partial charge in [-0.15, -0.1) is 0 Å². The molecule has 0 aromatic carbocycles. The van der Waals surface area contributed by atoms with Crippen LogP contribution in [0.15, 0.2) is 36.5 Å². The normalized spacial score (nSPS) is 12.2. The first-order chi connectivity index (χ1) is 35.5. The molecular weight excluding hydrogens is 889 g/mol. The van der Waals surface area contributed by atoms with Gasteiger partial charge in [0.2, 0.25) is 0 Å². The quantitative estimate of drug-likeness (QED) is 0.0261. The molecule has 1 unspecified atom stereocenters. The fraction of sp³-hybridized carbons (Fsp3) is 0.864. The second-order valence-corrected chi connectivity index (χ2v) is 21.7. The number of rotatable bonds is 59. The van der Waals surface area contributed by atoms with Gasteiger partial charge in [0, 0.05) is 19.3 Å². The molecule has 1 atom stereocenters. The Bertz CT molecular complexity index is 1210. The molecule has 0 aliphatic heterocycles. The molecule has 0 aliphatic rings. The van der Waals surface area contributed by atoms with E-state index < -0.39 is 6.10 Å². The predicted molar refractivity (Wildman–Crippen MR) is 312 cm³/mol. The zero-order chi connectivity index (χ0) is 52.2. The van der Waals surface area contributed by atoms with Crippen molar-refractivity contribution in [3.8, 4) is 0 Å². The molecule has 0 rings (SSSR count). The summed E-state index contributed by atoms with van der Waals surface area (Å²) in [5.41, 5.74) is 0. The van der Waals surface area contributed by atoms with Gasteiger partial charge in [0.15, 0.2) is 6.10 Å². The summed E-state index contributed by atoms with van der Waals surface area (Å²) in [5.74, 6) is -0.867. The Morgan fingerprint density at radius 3 is 0.778 bits per heavy atom. The highest BCUT2D eigenvalue weighted by atomic mass is 16.6. The molecule has 0 N–H and O–H groups in total. The second-order valence-electron chi connectivity index (χ2n) is 21.7. The van der Waals surface area contributed by atoms with Crippen molar-refractivity contribution in [1.82, 2.24) is 0 Å². The summed E-state index contributed by atoms with van der Waals surface area (Å²) in [6.45, 7) is 6.62. The number of hydrogen-bond donors (Lipinski definition) is 0. The molecule has 0 saturated carbocycles. The Morgan fingerprint density at radius 1 is 0.278 bits per heavy atom. The highest BCUT2D eigenvalue weighted by Gasteiger charge is 2.19. The van der Waals surface area contributed by atoms with Crippen LogP contribution in [0, 0.1) is 0 Å². The van der Waals surface area contributed by atoms with Gasteiger partial charge in [0.25, 0.3) is 0 Å². The molecule has 6 heteroatoms. The lowest BCUT2D eigenvalue weighted by Gasteiger charge is -2.18. The van der Waals surface area contributed by atoms with Crippen molar-refractivity contribution >= 4 is 17.9 Å². The van der Waals surface area contributed by atoms with Crippen LogP contribution in [0.2, 0.25) is 0 Å². The lowest BCUT2D eigenvalue weighted by Crippen LogP contribution is -2.30. The Hall–Kier alpha value is -2.37. The minimum Gasteiger partial charge on any atom is -0.462 e. The first-order valence-electron chi connectivity index (χ1n) is 32.0. The summed E-state index contributed by atoms with van der Waals surface area (Å²) in [6, 6.07) is 0. The molecule has 0 saturated heterocycles. The van der Waals surface area contributed by atoms with Crippen molar-refractivity contribution < 1.29 is 28.6 Å². The van der Waals surface area contributed by atoms with E-state index in [-0.39, 0.29) is 31.1 Å². The molecule has 0 aromatic heterocycles. The smallest absolute Gasteiger partial charge is 0.306 e. The Balaban J connectivity index is 4.00. The van der Waals surface area contributed by atoms with E-state index in [1.807, 2.05) is 0 Å². The molecule has 0 spiro atoms. The summed E-state index contributed by atoms with van der Waals surface area (Å²) in [6.07, 6.45) is 74.8. The van der Waals surface area contributed by atoms with Crippen molar-refractivity contribution in [3.05, 3.63) is 36.5 Å². The average molecular weight is 1010 g/mol. The number of hydrogen-bond acceptors (Lipinski definition) is 6. The fourth-order valence-corrected chi connectivity index (χ4v) is 9.53. The molecular formula is C66H122O6. The van der Waals surface area contributed by atoms with Crippen molar-refractivity contribution in [1.29, 1.82) is 0 Å². The molecule has 6 nitrogen and oxygen atoms in total. The molecule has 0 bridgehead atoms. The van der Waals surface area contributed by atoms with Gasteiger partial charge in [-0.1, -0.05) is 288 Å². The zero-order valence-corrected chi connectivity index (χ0v) is 48.5. The number of ether oxygens (including phenoxy) is 3. The monoisotopic (exact) mass is 1010 g/mol. The van der Waals surface area contributed by atoms with Crippen LogP contribution < -0.4 is 0 Å². The number of carbonyl (C=O) groups excluding carboxylic acids is 3. The van der Waals surface area contributed by atoms with E-state index in [0.717, 1.165) is 70.6 Å². The van der Waals surface area contributed by atoms with Crippen molar-refractivity contribution in [3.63, 3.8) is 0 Å². The summed E-state index contributed by atoms with van der Waals surface area (Å²) in [7, 11) is 0. The third kappa shape index (κ3) is 58.5. The maximum Gasteiger partial charge on any atom is 0.306 e. The number of esters is 3. The third-order valence-electron chi connectivity index (χ3n) is 14.4. The summed E-state index contributed by atoms with van der Waals surface area (Å²) < 4.78 is 16.8. The van der Waals surface area contributed by atoms with Crippen LogP contribution in [-0.2, 0) is 28.6 Å². The fourth-order valence-electron chi connectivity index (χ4n) is 9.53. The number of unbranched alkanes of at least 4 members (excludes halogenated alkanes) is 42. The van der Waals surface area contributed by atoms with Crippen molar-refractivity contribution in [2.45, 2.75) is 354 Å². The zero-order valence-electron chi connectivity index (χ0n) is 48.5.